The molecule has 96 valence electrons. The summed E-state index contributed by atoms with van der Waals surface area (Å²) in [6, 6.07) is 0.590. The number of hydrogen-bond acceptors (Lipinski definition) is 2. The Bertz CT molecular complexity index is 318. The first-order valence-corrected chi connectivity index (χ1v) is 6.79. The van der Waals surface area contributed by atoms with Crippen molar-refractivity contribution in [3.8, 4) is 0 Å². The van der Waals surface area contributed by atoms with Crippen molar-refractivity contribution in [2.24, 2.45) is 0 Å². The van der Waals surface area contributed by atoms with Crippen molar-refractivity contribution in [1.82, 2.24) is 9.80 Å². The summed E-state index contributed by atoms with van der Waals surface area (Å²) in [6.45, 7) is 3.08. The highest BCUT2D eigenvalue weighted by Gasteiger charge is 2.36. The molecule has 17 heavy (non-hydrogen) atoms. The van der Waals surface area contributed by atoms with Gasteiger partial charge in [-0.15, -0.1) is 11.6 Å². The Labute approximate surface area is 107 Å². The van der Waals surface area contributed by atoms with E-state index in [9.17, 15) is 9.59 Å². The Kier molecular flexibility index (Phi) is 3.92. The summed E-state index contributed by atoms with van der Waals surface area (Å²) in [5.74, 6) is 0.158. The molecule has 0 N–H and O–H groups in total. The Balaban J connectivity index is 1.96. The molecule has 0 aromatic heterocycles. The molecule has 2 amide bonds. The van der Waals surface area contributed by atoms with Crippen LogP contribution in [0.25, 0.3) is 0 Å². The summed E-state index contributed by atoms with van der Waals surface area (Å²) in [6.07, 6.45) is 4.22. The first-order valence-electron chi connectivity index (χ1n) is 6.26. The molecule has 0 bridgehead atoms. The van der Waals surface area contributed by atoms with Gasteiger partial charge in [-0.3, -0.25) is 9.59 Å². The van der Waals surface area contributed by atoms with E-state index in [1.54, 1.807) is 6.92 Å². The highest BCUT2D eigenvalue weighted by Crippen LogP contribution is 2.29. The molecule has 1 heterocycles. The average Bonchev–Trinajstić information content (AvgIpc) is 3.03. The van der Waals surface area contributed by atoms with Crippen LogP contribution in [0.15, 0.2) is 0 Å². The van der Waals surface area contributed by atoms with Crippen LogP contribution in [0.5, 0.6) is 0 Å². The molecule has 1 aliphatic carbocycles. The zero-order valence-electron chi connectivity index (χ0n) is 10.2. The number of halogens is 1. The SMILES string of the molecule is CC(=O)N(C[C@@H]1CCCN1C(=O)CCl)C1CC1. The first kappa shape index (κ1) is 12.7. The van der Waals surface area contributed by atoms with Crippen LogP contribution in [0, 0.1) is 0 Å². The normalized spacial score (nSPS) is 23.9. The fourth-order valence-corrected chi connectivity index (χ4v) is 2.73. The third kappa shape index (κ3) is 2.92. The number of likely N-dealkylation sites (tertiary alicyclic amines) is 1. The van der Waals surface area contributed by atoms with Gasteiger partial charge in [-0.25, -0.2) is 0 Å². The fourth-order valence-electron chi connectivity index (χ4n) is 2.58. The maximum Gasteiger partial charge on any atom is 0.237 e. The molecule has 1 aliphatic heterocycles. The third-order valence-corrected chi connectivity index (χ3v) is 3.84. The smallest absolute Gasteiger partial charge is 0.237 e. The van der Waals surface area contributed by atoms with E-state index in [0.29, 0.717) is 12.6 Å². The number of hydrogen-bond donors (Lipinski definition) is 0. The quantitative estimate of drug-likeness (QED) is 0.712. The first-order chi connectivity index (χ1) is 8.13. The van der Waals surface area contributed by atoms with Gasteiger partial charge >= 0.3 is 0 Å². The van der Waals surface area contributed by atoms with Gasteiger partial charge in [-0.05, 0) is 25.7 Å². The number of carbonyl (C=O) groups is 2. The van der Waals surface area contributed by atoms with Crippen molar-refractivity contribution in [2.75, 3.05) is 19.0 Å². The number of nitrogens with zero attached hydrogens (tertiary/aromatic N) is 2. The van der Waals surface area contributed by atoms with E-state index in [1.165, 1.54) is 0 Å². The second-order valence-corrected chi connectivity index (χ2v) is 5.19. The maximum atomic E-state index is 11.7. The fraction of sp³-hybridized carbons (Fsp3) is 0.833. The molecule has 1 atom stereocenters. The van der Waals surface area contributed by atoms with E-state index in [0.717, 1.165) is 32.2 Å². The standard InChI is InChI=1S/C12H19ClN2O2/c1-9(16)15(10-4-5-10)8-11-3-2-6-14(11)12(17)7-13/h10-11H,2-8H2,1H3/t11-/m0/s1. The maximum absolute atomic E-state index is 11.7. The Morgan fingerprint density at radius 2 is 2.06 bits per heavy atom. The lowest BCUT2D eigenvalue weighted by Gasteiger charge is -2.30. The van der Waals surface area contributed by atoms with Crippen LogP contribution in [0.3, 0.4) is 0 Å². The Hall–Kier alpha value is -0.770. The molecule has 0 spiro atoms. The van der Waals surface area contributed by atoms with Gasteiger partial charge in [0, 0.05) is 32.1 Å². The largest absolute Gasteiger partial charge is 0.338 e. The minimum absolute atomic E-state index is 0.00605. The van der Waals surface area contributed by atoms with E-state index < -0.39 is 0 Å². The molecule has 4 nitrogen and oxygen atoms in total. The van der Waals surface area contributed by atoms with Gasteiger partial charge in [-0.2, -0.15) is 0 Å². The molecule has 5 heteroatoms. The molecule has 2 aliphatic rings. The van der Waals surface area contributed by atoms with Crippen LogP contribution in [0.2, 0.25) is 0 Å². The van der Waals surface area contributed by atoms with Crippen molar-refractivity contribution < 1.29 is 9.59 Å². The zero-order chi connectivity index (χ0) is 12.4. The summed E-state index contributed by atoms with van der Waals surface area (Å²) in [5.41, 5.74) is 0. The molecule has 0 aromatic carbocycles. The third-order valence-electron chi connectivity index (χ3n) is 3.61. The Morgan fingerprint density at radius 3 is 2.59 bits per heavy atom. The number of carbonyl (C=O) groups excluding carboxylic acids is 2. The van der Waals surface area contributed by atoms with Crippen LogP contribution < -0.4 is 0 Å². The summed E-state index contributed by atoms with van der Waals surface area (Å²) in [5, 5.41) is 0. The van der Waals surface area contributed by atoms with Crippen LogP contribution in [0.4, 0.5) is 0 Å². The zero-order valence-corrected chi connectivity index (χ0v) is 10.9. The van der Waals surface area contributed by atoms with Gasteiger partial charge in [0.1, 0.15) is 5.88 Å². The van der Waals surface area contributed by atoms with Gasteiger partial charge in [0.05, 0.1) is 0 Å². The molecule has 1 saturated heterocycles. The molecular formula is C12H19ClN2O2. The van der Waals surface area contributed by atoms with Gasteiger partial charge in [0.2, 0.25) is 11.8 Å². The van der Waals surface area contributed by atoms with Gasteiger partial charge < -0.3 is 9.80 Å². The van der Waals surface area contributed by atoms with Crippen LogP contribution in [-0.2, 0) is 9.59 Å². The predicted molar refractivity (Wildman–Crippen MR) is 65.9 cm³/mol. The highest BCUT2D eigenvalue weighted by atomic mass is 35.5. The lowest BCUT2D eigenvalue weighted by Crippen LogP contribution is -2.45. The number of alkyl halides is 1. The number of amides is 2. The minimum atomic E-state index is -0.00605. The van der Waals surface area contributed by atoms with E-state index in [1.807, 2.05) is 9.80 Å². The molecule has 0 unspecified atom stereocenters. The van der Waals surface area contributed by atoms with E-state index >= 15 is 0 Å². The van der Waals surface area contributed by atoms with Crippen molar-refractivity contribution in [3.05, 3.63) is 0 Å². The van der Waals surface area contributed by atoms with Crippen molar-refractivity contribution in [2.45, 2.75) is 44.7 Å². The van der Waals surface area contributed by atoms with Crippen LogP contribution in [0.1, 0.15) is 32.6 Å². The van der Waals surface area contributed by atoms with Crippen molar-refractivity contribution in [1.29, 1.82) is 0 Å². The lowest BCUT2D eigenvalue weighted by molar-refractivity contribution is -0.134. The van der Waals surface area contributed by atoms with Crippen LogP contribution >= 0.6 is 11.6 Å². The monoisotopic (exact) mass is 258 g/mol. The van der Waals surface area contributed by atoms with Crippen molar-refractivity contribution in [3.63, 3.8) is 0 Å². The predicted octanol–water partition coefficient (Wildman–Crippen LogP) is 1.23. The topological polar surface area (TPSA) is 40.6 Å². The average molecular weight is 259 g/mol. The lowest BCUT2D eigenvalue weighted by atomic mass is 10.2. The van der Waals surface area contributed by atoms with Gasteiger partial charge in [-0.1, -0.05) is 0 Å². The highest BCUT2D eigenvalue weighted by molar-refractivity contribution is 6.27. The minimum Gasteiger partial charge on any atom is -0.338 e. The summed E-state index contributed by atoms with van der Waals surface area (Å²) < 4.78 is 0. The van der Waals surface area contributed by atoms with E-state index in [2.05, 4.69) is 0 Å². The number of rotatable bonds is 4. The second kappa shape index (κ2) is 5.25. The summed E-state index contributed by atoms with van der Waals surface area (Å²) in [4.78, 5) is 27.0. The Morgan fingerprint density at radius 1 is 1.35 bits per heavy atom. The summed E-state index contributed by atoms with van der Waals surface area (Å²) in [7, 11) is 0. The van der Waals surface area contributed by atoms with Crippen LogP contribution in [-0.4, -0.2) is 52.7 Å². The molecule has 0 radical (unpaired) electrons. The molecule has 2 rings (SSSR count). The van der Waals surface area contributed by atoms with E-state index in [-0.39, 0.29) is 23.7 Å². The van der Waals surface area contributed by atoms with Crippen molar-refractivity contribution >= 4 is 23.4 Å². The van der Waals surface area contributed by atoms with Gasteiger partial charge in [0.25, 0.3) is 0 Å². The summed E-state index contributed by atoms with van der Waals surface area (Å²) >= 11 is 5.60. The molecular weight excluding hydrogens is 240 g/mol. The second-order valence-electron chi connectivity index (χ2n) is 4.92. The van der Waals surface area contributed by atoms with Gasteiger partial charge in [0.15, 0.2) is 0 Å². The molecule has 1 saturated carbocycles. The molecule has 0 aromatic rings. The van der Waals surface area contributed by atoms with E-state index in [4.69, 9.17) is 11.6 Å². The molecule has 2 fully saturated rings.